The quantitative estimate of drug-likeness (QED) is 0.900. The molecule has 1 N–H and O–H groups in total. The summed E-state index contributed by atoms with van der Waals surface area (Å²) in [4.78, 5) is 26.3. The van der Waals surface area contributed by atoms with Crippen molar-refractivity contribution in [2.75, 3.05) is 19.6 Å². The van der Waals surface area contributed by atoms with Gasteiger partial charge in [-0.15, -0.1) is 0 Å². The van der Waals surface area contributed by atoms with E-state index in [0.29, 0.717) is 26.1 Å². The van der Waals surface area contributed by atoms with Crippen LogP contribution in [0.25, 0.3) is 11.1 Å². The third-order valence-corrected chi connectivity index (χ3v) is 4.99. The van der Waals surface area contributed by atoms with Crippen molar-refractivity contribution in [2.24, 2.45) is 5.92 Å². The molecular formula is C22H26N2O2. The summed E-state index contributed by atoms with van der Waals surface area (Å²) in [5.74, 6) is 0.312. The van der Waals surface area contributed by atoms with E-state index in [4.69, 9.17) is 0 Å². The van der Waals surface area contributed by atoms with Crippen molar-refractivity contribution in [2.45, 2.75) is 26.2 Å². The third kappa shape index (κ3) is 4.51. The minimum Gasteiger partial charge on any atom is -0.356 e. The zero-order valence-electron chi connectivity index (χ0n) is 15.3. The van der Waals surface area contributed by atoms with Gasteiger partial charge in [-0.3, -0.25) is 9.59 Å². The minimum absolute atomic E-state index is 0.0455. The van der Waals surface area contributed by atoms with Gasteiger partial charge in [0.2, 0.25) is 11.8 Å². The zero-order chi connectivity index (χ0) is 18.4. The van der Waals surface area contributed by atoms with Crippen molar-refractivity contribution < 1.29 is 9.59 Å². The molecule has 1 aliphatic rings. The van der Waals surface area contributed by atoms with Gasteiger partial charge in [-0.2, -0.15) is 0 Å². The first-order valence-electron chi connectivity index (χ1n) is 9.37. The summed E-state index contributed by atoms with van der Waals surface area (Å²) in [6.45, 7) is 3.93. The highest BCUT2D eigenvalue weighted by molar-refractivity contribution is 5.81. The van der Waals surface area contributed by atoms with Crippen LogP contribution in [0.15, 0.2) is 54.6 Å². The van der Waals surface area contributed by atoms with Crippen LogP contribution in [0.3, 0.4) is 0 Å². The van der Waals surface area contributed by atoms with Crippen LogP contribution in [0.1, 0.15) is 25.3 Å². The average Bonchev–Trinajstić information content (AvgIpc) is 2.69. The van der Waals surface area contributed by atoms with Crippen molar-refractivity contribution in [1.29, 1.82) is 0 Å². The van der Waals surface area contributed by atoms with Gasteiger partial charge in [-0.05, 0) is 36.5 Å². The fourth-order valence-electron chi connectivity index (χ4n) is 3.44. The van der Waals surface area contributed by atoms with Gasteiger partial charge in [0, 0.05) is 25.6 Å². The minimum atomic E-state index is 0.0455. The van der Waals surface area contributed by atoms with Gasteiger partial charge in [0.1, 0.15) is 0 Å². The summed E-state index contributed by atoms with van der Waals surface area (Å²) in [5, 5.41) is 2.88. The topological polar surface area (TPSA) is 49.4 Å². The summed E-state index contributed by atoms with van der Waals surface area (Å²) in [7, 11) is 0. The Bertz CT molecular complexity index is 732. The number of carbonyl (C=O) groups excluding carboxylic acids is 2. The van der Waals surface area contributed by atoms with Crippen molar-refractivity contribution in [3.63, 3.8) is 0 Å². The maximum Gasteiger partial charge on any atom is 0.226 e. The van der Waals surface area contributed by atoms with E-state index in [9.17, 15) is 9.59 Å². The molecule has 0 atom stereocenters. The molecule has 4 nitrogen and oxygen atoms in total. The van der Waals surface area contributed by atoms with Crippen LogP contribution >= 0.6 is 0 Å². The van der Waals surface area contributed by atoms with Crippen LogP contribution in [-0.2, 0) is 16.0 Å². The molecule has 1 heterocycles. The molecule has 1 saturated heterocycles. The largest absolute Gasteiger partial charge is 0.356 e. The summed E-state index contributed by atoms with van der Waals surface area (Å²) >= 11 is 0. The molecule has 0 spiro atoms. The first kappa shape index (κ1) is 18.2. The van der Waals surface area contributed by atoms with E-state index in [0.717, 1.165) is 24.0 Å². The van der Waals surface area contributed by atoms with Gasteiger partial charge in [0.25, 0.3) is 0 Å². The number of likely N-dealkylation sites (tertiary alicyclic amines) is 1. The van der Waals surface area contributed by atoms with Gasteiger partial charge in [0.15, 0.2) is 0 Å². The van der Waals surface area contributed by atoms with Crippen LogP contribution in [-0.4, -0.2) is 36.3 Å². The maximum atomic E-state index is 12.6. The highest BCUT2D eigenvalue weighted by Crippen LogP contribution is 2.21. The fourth-order valence-corrected chi connectivity index (χ4v) is 3.44. The van der Waals surface area contributed by atoms with Gasteiger partial charge < -0.3 is 10.2 Å². The van der Waals surface area contributed by atoms with E-state index in [2.05, 4.69) is 29.6 Å². The normalized spacial score (nSPS) is 14.9. The molecule has 2 amide bonds. The fraction of sp³-hybridized carbons (Fsp3) is 0.364. The second-order valence-electron chi connectivity index (χ2n) is 6.79. The Hall–Kier alpha value is -2.62. The lowest BCUT2D eigenvalue weighted by Gasteiger charge is -2.31. The molecule has 0 aromatic heterocycles. The SMILES string of the molecule is CCNC(=O)C1CCN(C(=O)Cc2ccc(-c3ccccc3)cc2)CC1. The van der Waals surface area contributed by atoms with Crippen molar-refractivity contribution in [1.82, 2.24) is 10.2 Å². The molecule has 26 heavy (non-hydrogen) atoms. The van der Waals surface area contributed by atoms with Crippen LogP contribution in [0, 0.1) is 5.92 Å². The number of rotatable bonds is 5. The molecule has 2 aromatic rings. The predicted molar refractivity (Wildman–Crippen MR) is 104 cm³/mol. The molecule has 0 unspecified atom stereocenters. The van der Waals surface area contributed by atoms with Crippen molar-refractivity contribution in [3.05, 3.63) is 60.2 Å². The zero-order valence-corrected chi connectivity index (χ0v) is 15.3. The third-order valence-electron chi connectivity index (χ3n) is 4.99. The molecule has 136 valence electrons. The lowest BCUT2D eigenvalue weighted by Crippen LogP contribution is -2.43. The number of piperidine rings is 1. The number of nitrogens with zero attached hydrogens (tertiary/aromatic N) is 1. The van der Waals surface area contributed by atoms with Gasteiger partial charge in [-0.1, -0.05) is 54.6 Å². The Morgan fingerprint density at radius 2 is 1.58 bits per heavy atom. The van der Waals surface area contributed by atoms with Crippen LogP contribution in [0.4, 0.5) is 0 Å². The Morgan fingerprint density at radius 3 is 2.19 bits per heavy atom. The van der Waals surface area contributed by atoms with Gasteiger partial charge in [-0.25, -0.2) is 0 Å². The van der Waals surface area contributed by atoms with Crippen molar-refractivity contribution >= 4 is 11.8 Å². The van der Waals surface area contributed by atoms with E-state index in [1.165, 1.54) is 5.56 Å². The predicted octanol–water partition coefficient (Wildman–Crippen LogP) is 3.27. The number of hydrogen-bond acceptors (Lipinski definition) is 2. The van der Waals surface area contributed by atoms with Gasteiger partial charge in [0.05, 0.1) is 6.42 Å². The Morgan fingerprint density at radius 1 is 0.962 bits per heavy atom. The molecule has 0 bridgehead atoms. The number of hydrogen-bond donors (Lipinski definition) is 1. The van der Waals surface area contributed by atoms with E-state index in [-0.39, 0.29) is 17.7 Å². The molecule has 0 aliphatic carbocycles. The first-order chi connectivity index (χ1) is 12.7. The molecule has 1 fully saturated rings. The molecule has 3 rings (SSSR count). The maximum absolute atomic E-state index is 12.6. The highest BCUT2D eigenvalue weighted by atomic mass is 16.2. The first-order valence-corrected chi connectivity index (χ1v) is 9.37. The summed E-state index contributed by atoms with van der Waals surface area (Å²) in [5.41, 5.74) is 3.36. The lowest BCUT2D eigenvalue weighted by atomic mass is 9.95. The van der Waals surface area contributed by atoms with E-state index in [1.54, 1.807) is 0 Å². The van der Waals surface area contributed by atoms with E-state index < -0.39 is 0 Å². The summed E-state index contributed by atoms with van der Waals surface area (Å²) in [6, 6.07) is 18.4. The lowest BCUT2D eigenvalue weighted by molar-refractivity contribution is -0.135. The number of benzene rings is 2. The van der Waals surface area contributed by atoms with Crippen molar-refractivity contribution in [3.8, 4) is 11.1 Å². The Kier molecular flexibility index (Phi) is 6.05. The molecule has 0 radical (unpaired) electrons. The van der Waals surface area contributed by atoms with Crippen LogP contribution in [0.2, 0.25) is 0 Å². The second-order valence-corrected chi connectivity index (χ2v) is 6.79. The van der Waals surface area contributed by atoms with E-state index in [1.807, 2.05) is 42.2 Å². The molecule has 4 heteroatoms. The van der Waals surface area contributed by atoms with Crippen LogP contribution in [0.5, 0.6) is 0 Å². The molecule has 1 aliphatic heterocycles. The Balaban J connectivity index is 1.53. The average molecular weight is 350 g/mol. The van der Waals surface area contributed by atoms with Crippen LogP contribution < -0.4 is 5.32 Å². The monoisotopic (exact) mass is 350 g/mol. The smallest absolute Gasteiger partial charge is 0.226 e. The second kappa shape index (κ2) is 8.65. The van der Waals surface area contributed by atoms with Gasteiger partial charge >= 0.3 is 0 Å². The number of nitrogens with one attached hydrogen (secondary N) is 1. The molecule has 2 aromatic carbocycles. The standard InChI is InChI=1S/C22H26N2O2/c1-2-23-22(26)20-12-14-24(15-13-20)21(25)16-17-8-10-19(11-9-17)18-6-4-3-5-7-18/h3-11,20H,2,12-16H2,1H3,(H,23,26). The highest BCUT2D eigenvalue weighted by Gasteiger charge is 2.26. The molecule has 0 saturated carbocycles. The van der Waals surface area contributed by atoms with E-state index >= 15 is 0 Å². The number of carbonyl (C=O) groups is 2. The summed E-state index contributed by atoms with van der Waals surface area (Å²) in [6.07, 6.45) is 1.93. The summed E-state index contributed by atoms with van der Waals surface area (Å²) < 4.78 is 0. The number of amides is 2. The molecular weight excluding hydrogens is 324 g/mol. The Labute approximate surface area is 155 Å².